The Morgan fingerprint density at radius 2 is 1.82 bits per heavy atom. The maximum absolute atomic E-state index is 12.4. The Kier molecular flexibility index (Phi) is 6.50. The van der Waals surface area contributed by atoms with Gasteiger partial charge >= 0.3 is 0 Å². The number of anilines is 1. The Hall–Kier alpha value is -3.21. The average molecular weight is 488 g/mol. The molecule has 4 aromatic rings. The van der Waals surface area contributed by atoms with Crippen LogP contribution in [0.2, 0.25) is 5.28 Å². The lowest BCUT2D eigenvalue weighted by molar-refractivity contribution is 0.322. The molecule has 2 heterocycles. The van der Waals surface area contributed by atoms with Crippen molar-refractivity contribution in [2.24, 2.45) is 0 Å². The van der Waals surface area contributed by atoms with Crippen LogP contribution in [0.15, 0.2) is 53.6 Å². The van der Waals surface area contributed by atoms with Gasteiger partial charge in [0.15, 0.2) is 5.65 Å². The molecule has 172 valence electrons. The quantitative estimate of drug-likeness (QED) is 0.296. The van der Waals surface area contributed by atoms with Crippen molar-refractivity contribution < 1.29 is 17.3 Å². The highest BCUT2D eigenvalue weighted by Crippen LogP contribution is 2.23. The van der Waals surface area contributed by atoms with Gasteiger partial charge in [-0.1, -0.05) is 23.8 Å². The predicted molar refractivity (Wildman–Crippen MR) is 125 cm³/mol. The number of fused-ring (bicyclic) bond motifs is 1. The molecular weight excluding hydrogens is 466 g/mol. The van der Waals surface area contributed by atoms with Crippen molar-refractivity contribution in [1.82, 2.24) is 19.7 Å². The van der Waals surface area contributed by atoms with Crippen LogP contribution >= 0.6 is 11.6 Å². The fourth-order valence-corrected chi connectivity index (χ4v) is 4.44. The third-order valence-corrected chi connectivity index (χ3v) is 6.53. The number of aromatic nitrogens is 4. The van der Waals surface area contributed by atoms with E-state index in [1.807, 2.05) is 25.1 Å². The van der Waals surface area contributed by atoms with Crippen LogP contribution < -0.4 is 10.5 Å². The minimum atomic E-state index is -3.83. The third kappa shape index (κ3) is 5.24. The number of nitrogens with zero attached hydrogens (tertiary/aromatic N) is 4. The smallest absolute Gasteiger partial charge is 0.296 e. The molecule has 33 heavy (non-hydrogen) atoms. The third-order valence-electron chi connectivity index (χ3n) is 5.03. The monoisotopic (exact) mass is 487 g/mol. The number of benzene rings is 2. The highest BCUT2D eigenvalue weighted by molar-refractivity contribution is 7.86. The molecule has 0 radical (unpaired) electrons. The number of hydrogen-bond acceptors (Lipinski definition) is 8. The lowest BCUT2D eigenvalue weighted by atomic mass is 10.1. The van der Waals surface area contributed by atoms with Crippen LogP contribution in [-0.4, -0.2) is 41.9 Å². The largest absolute Gasteiger partial charge is 0.497 e. The van der Waals surface area contributed by atoms with Gasteiger partial charge in [0, 0.05) is 0 Å². The van der Waals surface area contributed by atoms with Crippen molar-refractivity contribution in [1.29, 1.82) is 0 Å². The molecule has 0 bridgehead atoms. The molecule has 2 N–H and O–H groups in total. The zero-order valence-electron chi connectivity index (χ0n) is 18.0. The minimum absolute atomic E-state index is 0.00706. The van der Waals surface area contributed by atoms with E-state index in [0.29, 0.717) is 29.7 Å². The van der Waals surface area contributed by atoms with E-state index >= 15 is 0 Å². The van der Waals surface area contributed by atoms with Gasteiger partial charge in [0.05, 0.1) is 36.7 Å². The van der Waals surface area contributed by atoms with Crippen LogP contribution in [0.1, 0.15) is 16.7 Å². The first kappa shape index (κ1) is 23.0. The Balaban J connectivity index is 1.51. The van der Waals surface area contributed by atoms with E-state index in [2.05, 4.69) is 15.1 Å². The summed E-state index contributed by atoms with van der Waals surface area (Å²) >= 11 is 5.95. The molecule has 2 aromatic heterocycles. The van der Waals surface area contributed by atoms with Gasteiger partial charge in [-0.15, -0.1) is 0 Å². The van der Waals surface area contributed by atoms with E-state index in [-0.39, 0.29) is 22.6 Å². The average Bonchev–Trinajstić information content (AvgIpc) is 3.16. The Bertz CT molecular complexity index is 1400. The van der Waals surface area contributed by atoms with Gasteiger partial charge in [0.2, 0.25) is 5.28 Å². The number of nitrogens with two attached hydrogens (primary N) is 1. The summed E-state index contributed by atoms with van der Waals surface area (Å²) < 4.78 is 37.2. The van der Waals surface area contributed by atoms with Crippen molar-refractivity contribution in [3.63, 3.8) is 0 Å². The first-order valence-electron chi connectivity index (χ1n) is 10.0. The molecule has 0 saturated heterocycles. The fraction of sp³-hybridized carbons (Fsp3) is 0.227. The predicted octanol–water partition coefficient (Wildman–Crippen LogP) is 3.38. The van der Waals surface area contributed by atoms with E-state index in [0.717, 1.165) is 16.7 Å². The summed E-state index contributed by atoms with van der Waals surface area (Å²) in [4.78, 5) is 8.29. The molecule has 0 amide bonds. The number of rotatable bonds is 8. The molecule has 0 spiro atoms. The number of halogens is 1. The maximum Gasteiger partial charge on any atom is 0.296 e. The SMILES string of the molecule is COc1cc(CCOS(=O)(=O)c2ccc(C)cc2)cc(Cn2ncc3c(N)nc(Cl)nc32)c1. The second-order valence-corrected chi connectivity index (χ2v) is 9.40. The van der Waals surface area contributed by atoms with Crippen molar-refractivity contribution in [2.45, 2.75) is 24.8 Å². The second-order valence-electron chi connectivity index (χ2n) is 7.45. The number of methoxy groups -OCH3 is 1. The van der Waals surface area contributed by atoms with E-state index in [1.165, 1.54) is 12.1 Å². The lowest BCUT2D eigenvalue weighted by Gasteiger charge is -2.11. The van der Waals surface area contributed by atoms with Crippen molar-refractivity contribution >= 4 is 38.6 Å². The van der Waals surface area contributed by atoms with Crippen molar-refractivity contribution in [2.75, 3.05) is 19.5 Å². The maximum atomic E-state index is 12.4. The molecular formula is C22H22ClN5O4S. The minimum Gasteiger partial charge on any atom is -0.497 e. The van der Waals surface area contributed by atoms with Crippen LogP contribution in [0.3, 0.4) is 0 Å². The highest BCUT2D eigenvalue weighted by atomic mass is 35.5. The van der Waals surface area contributed by atoms with E-state index in [1.54, 1.807) is 30.1 Å². The van der Waals surface area contributed by atoms with Crippen LogP contribution in [0, 0.1) is 6.92 Å². The zero-order chi connectivity index (χ0) is 23.6. The number of hydrogen-bond donors (Lipinski definition) is 1. The molecule has 4 rings (SSSR count). The Morgan fingerprint density at radius 3 is 2.55 bits per heavy atom. The zero-order valence-corrected chi connectivity index (χ0v) is 19.6. The molecule has 0 unspecified atom stereocenters. The van der Waals surface area contributed by atoms with Crippen LogP contribution in [-0.2, 0) is 27.3 Å². The van der Waals surface area contributed by atoms with Gasteiger partial charge in [-0.05, 0) is 60.3 Å². The molecule has 0 aliphatic rings. The topological polar surface area (TPSA) is 122 Å². The lowest BCUT2D eigenvalue weighted by Crippen LogP contribution is -2.10. The highest BCUT2D eigenvalue weighted by Gasteiger charge is 2.15. The standard InChI is InChI=1S/C22H22ClN5O4S/c1-14-3-5-18(6-4-14)33(29,30)32-8-7-15-9-16(11-17(10-15)31-2)13-28-21-19(12-25-28)20(24)26-22(23)27-21/h3-6,9-12H,7-8,13H2,1-2H3,(H2,24,26,27). The Labute approximate surface area is 196 Å². The molecule has 0 aliphatic heterocycles. The number of nitrogen functional groups attached to an aromatic ring is 1. The van der Waals surface area contributed by atoms with Crippen LogP contribution in [0.5, 0.6) is 5.75 Å². The van der Waals surface area contributed by atoms with E-state index in [4.69, 9.17) is 26.3 Å². The first-order chi connectivity index (χ1) is 15.7. The summed E-state index contributed by atoms with van der Waals surface area (Å²) in [5.74, 6) is 0.891. The fourth-order valence-electron chi connectivity index (χ4n) is 3.36. The number of aryl methyl sites for hydroxylation is 1. The van der Waals surface area contributed by atoms with E-state index < -0.39 is 10.1 Å². The molecule has 2 aromatic carbocycles. The van der Waals surface area contributed by atoms with Crippen molar-refractivity contribution in [3.05, 3.63) is 70.6 Å². The first-order valence-corrected chi connectivity index (χ1v) is 11.8. The van der Waals surface area contributed by atoms with Gasteiger partial charge in [-0.3, -0.25) is 4.18 Å². The van der Waals surface area contributed by atoms with Gasteiger partial charge in [0.25, 0.3) is 10.1 Å². The second kappa shape index (κ2) is 9.34. The summed E-state index contributed by atoms with van der Waals surface area (Å²) in [5, 5.41) is 4.99. The summed E-state index contributed by atoms with van der Waals surface area (Å²) in [7, 11) is -2.26. The van der Waals surface area contributed by atoms with Gasteiger partial charge in [0.1, 0.15) is 11.6 Å². The van der Waals surface area contributed by atoms with Gasteiger partial charge in [-0.25, -0.2) is 9.67 Å². The molecule has 0 atom stereocenters. The van der Waals surface area contributed by atoms with Crippen LogP contribution in [0.25, 0.3) is 11.0 Å². The molecule has 0 fully saturated rings. The summed E-state index contributed by atoms with van der Waals surface area (Å²) in [5.41, 5.74) is 9.12. The summed E-state index contributed by atoms with van der Waals surface area (Å²) in [6, 6.07) is 12.2. The van der Waals surface area contributed by atoms with Gasteiger partial charge in [-0.2, -0.15) is 18.5 Å². The molecule has 11 heteroatoms. The molecule has 0 saturated carbocycles. The van der Waals surface area contributed by atoms with Crippen molar-refractivity contribution in [3.8, 4) is 5.75 Å². The molecule has 0 aliphatic carbocycles. The Morgan fingerprint density at radius 1 is 1.09 bits per heavy atom. The van der Waals surface area contributed by atoms with E-state index in [9.17, 15) is 8.42 Å². The summed E-state index contributed by atoms with van der Waals surface area (Å²) in [6.45, 7) is 2.26. The molecule has 9 nitrogen and oxygen atoms in total. The van der Waals surface area contributed by atoms with Gasteiger partial charge < -0.3 is 10.5 Å². The van der Waals surface area contributed by atoms with Crippen LogP contribution in [0.4, 0.5) is 5.82 Å². The number of ether oxygens (including phenoxy) is 1. The normalized spacial score (nSPS) is 11.7. The summed E-state index contributed by atoms with van der Waals surface area (Å²) in [6.07, 6.45) is 1.96.